The van der Waals surface area contributed by atoms with Crippen molar-refractivity contribution in [3.8, 4) is 5.75 Å². The molecule has 1 aromatic heterocycles. The average Bonchev–Trinajstić information content (AvgIpc) is 3.20. The van der Waals surface area contributed by atoms with Gasteiger partial charge in [-0.1, -0.05) is 24.3 Å². The number of hydrogen-bond donors (Lipinski definition) is 3. The molecule has 10 heteroatoms. The first-order valence-corrected chi connectivity index (χ1v) is 11.1. The van der Waals surface area contributed by atoms with Gasteiger partial charge in [0.2, 0.25) is 10.0 Å². The van der Waals surface area contributed by atoms with Crippen LogP contribution in [0.5, 0.6) is 5.75 Å². The zero-order chi connectivity index (χ0) is 21.7. The van der Waals surface area contributed by atoms with Crippen LogP contribution in [-0.2, 0) is 23.2 Å². The molecule has 3 aromatic rings. The summed E-state index contributed by atoms with van der Waals surface area (Å²) in [6.45, 7) is 0.319. The number of hydrogen-bond acceptors (Lipinski definition) is 6. The SMILES string of the molecule is NC(=O)c1ccccc1OCc1cccc(C(=O)NCc2ccc(S(N)(=O)=O)s2)c1. The van der Waals surface area contributed by atoms with Gasteiger partial charge in [-0.2, -0.15) is 0 Å². The Morgan fingerprint density at radius 3 is 2.50 bits per heavy atom. The summed E-state index contributed by atoms with van der Waals surface area (Å²) in [5.74, 6) is -0.541. The van der Waals surface area contributed by atoms with Crippen molar-refractivity contribution in [3.63, 3.8) is 0 Å². The molecule has 1 heterocycles. The van der Waals surface area contributed by atoms with Crippen molar-refractivity contribution < 1.29 is 22.7 Å². The summed E-state index contributed by atoms with van der Waals surface area (Å²) in [5, 5.41) is 7.83. The second-order valence-electron chi connectivity index (χ2n) is 6.30. The second kappa shape index (κ2) is 9.08. The van der Waals surface area contributed by atoms with Gasteiger partial charge in [-0.3, -0.25) is 9.59 Å². The molecule has 0 bridgehead atoms. The van der Waals surface area contributed by atoms with Crippen LogP contribution >= 0.6 is 11.3 Å². The van der Waals surface area contributed by atoms with Crippen LogP contribution in [0.15, 0.2) is 64.9 Å². The molecule has 0 spiro atoms. The maximum absolute atomic E-state index is 12.4. The van der Waals surface area contributed by atoms with Gasteiger partial charge in [-0.25, -0.2) is 13.6 Å². The number of thiophene rings is 1. The van der Waals surface area contributed by atoms with E-state index in [9.17, 15) is 18.0 Å². The summed E-state index contributed by atoms with van der Waals surface area (Å²) in [6, 6.07) is 16.5. The number of ether oxygens (including phenoxy) is 1. The van der Waals surface area contributed by atoms with Crippen molar-refractivity contribution in [2.24, 2.45) is 10.9 Å². The zero-order valence-electron chi connectivity index (χ0n) is 15.7. The van der Waals surface area contributed by atoms with Gasteiger partial charge in [-0.15, -0.1) is 11.3 Å². The Balaban J connectivity index is 1.63. The molecule has 8 nitrogen and oxygen atoms in total. The third-order valence-corrected chi connectivity index (χ3v) is 6.60. The number of carbonyl (C=O) groups excluding carboxylic acids is 2. The van der Waals surface area contributed by atoms with Crippen LogP contribution in [0.3, 0.4) is 0 Å². The van der Waals surface area contributed by atoms with E-state index in [1.807, 2.05) is 0 Å². The highest BCUT2D eigenvalue weighted by Gasteiger charge is 2.13. The number of rotatable bonds is 8. The minimum atomic E-state index is -3.75. The number of sulfonamides is 1. The highest BCUT2D eigenvalue weighted by molar-refractivity contribution is 7.91. The smallest absolute Gasteiger partial charge is 0.252 e. The molecule has 0 fully saturated rings. The number of carbonyl (C=O) groups is 2. The molecule has 2 aromatic carbocycles. The van der Waals surface area contributed by atoms with Gasteiger partial charge >= 0.3 is 0 Å². The standard InChI is InChI=1S/C20H19N3O5S2/c21-19(24)16-6-1-2-7-17(16)28-12-13-4-3-5-14(10-13)20(25)23-11-15-8-9-18(29-15)30(22,26)27/h1-10H,11-12H2,(H2,21,24)(H,23,25)(H2,22,26,27). The lowest BCUT2D eigenvalue weighted by Gasteiger charge is -2.10. The lowest BCUT2D eigenvalue weighted by atomic mass is 10.1. The van der Waals surface area contributed by atoms with Gasteiger partial charge in [-0.05, 0) is 42.0 Å². The molecule has 0 aliphatic heterocycles. The Hall–Kier alpha value is -3.21. The summed E-state index contributed by atoms with van der Waals surface area (Å²) in [4.78, 5) is 24.6. The molecule has 2 amide bonds. The van der Waals surface area contributed by atoms with Crippen LogP contribution in [0.2, 0.25) is 0 Å². The Bertz CT molecular complexity index is 1190. The molecule has 0 saturated heterocycles. The Labute approximate surface area is 177 Å². The first-order chi connectivity index (χ1) is 14.2. The highest BCUT2D eigenvalue weighted by atomic mass is 32.2. The quantitative estimate of drug-likeness (QED) is 0.486. The maximum Gasteiger partial charge on any atom is 0.252 e. The second-order valence-corrected chi connectivity index (χ2v) is 9.25. The zero-order valence-corrected chi connectivity index (χ0v) is 17.3. The van der Waals surface area contributed by atoms with E-state index in [1.165, 1.54) is 6.07 Å². The van der Waals surface area contributed by atoms with Crippen LogP contribution in [0.25, 0.3) is 0 Å². The normalized spacial score (nSPS) is 11.1. The number of para-hydroxylation sites is 1. The fourth-order valence-corrected chi connectivity index (χ4v) is 4.35. The molecular weight excluding hydrogens is 426 g/mol. The van der Waals surface area contributed by atoms with Crippen LogP contribution < -0.4 is 20.9 Å². The Morgan fingerprint density at radius 2 is 1.80 bits per heavy atom. The minimum Gasteiger partial charge on any atom is -0.488 e. The summed E-state index contributed by atoms with van der Waals surface area (Å²) >= 11 is 1.00. The molecule has 0 saturated carbocycles. The first kappa shape index (κ1) is 21.5. The van der Waals surface area contributed by atoms with Gasteiger partial charge in [0.25, 0.3) is 11.8 Å². The number of primary sulfonamides is 1. The molecule has 30 heavy (non-hydrogen) atoms. The number of nitrogens with two attached hydrogens (primary N) is 2. The molecule has 0 radical (unpaired) electrons. The molecule has 0 aliphatic rings. The lowest BCUT2D eigenvalue weighted by Crippen LogP contribution is -2.22. The molecule has 156 valence electrons. The minimum absolute atomic E-state index is 0.0436. The summed E-state index contributed by atoms with van der Waals surface area (Å²) in [5.41, 5.74) is 6.77. The Morgan fingerprint density at radius 1 is 1.03 bits per heavy atom. The van der Waals surface area contributed by atoms with Gasteiger partial charge in [0.15, 0.2) is 0 Å². The van der Waals surface area contributed by atoms with Crippen LogP contribution in [0, 0.1) is 0 Å². The van der Waals surface area contributed by atoms with E-state index in [-0.39, 0.29) is 28.8 Å². The molecule has 3 rings (SSSR count). The average molecular weight is 446 g/mol. The monoisotopic (exact) mass is 445 g/mol. The van der Waals surface area contributed by atoms with E-state index < -0.39 is 15.9 Å². The molecular formula is C20H19N3O5S2. The fraction of sp³-hybridized carbons (Fsp3) is 0.100. The van der Waals surface area contributed by atoms with E-state index in [1.54, 1.807) is 54.6 Å². The van der Waals surface area contributed by atoms with E-state index in [4.69, 9.17) is 15.6 Å². The van der Waals surface area contributed by atoms with Crippen LogP contribution in [0.1, 0.15) is 31.2 Å². The van der Waals surface area contributed by atoms with Crippen molar-refractivity contribution in [2.45, 2.75) is 17.4 Å². The van der Waals surface area contributed by atoms with Gasteiger partial charge in [0.1, 0.15) is 16.6 Å². The fourth-order valence-electron chi connectivity index (χ4n) is 2.64. The van der Waals surface area contributed by atoms with Crippen LogP contribution in [-0.4, -0.2) is 20.2 Å². The van der Waals surface area contributed by atoms with E-state index in [0.29, 0.717) is 16.2 Å². The van der Waals surface area contributed by atoms with Gasteiger partial charge in [0.05, 0.1) is 12.1 Å². The summed E-state index contributed by atoms with van der Waals surface area (Å²) in [6.07, 6.45) is 0. The number of benzene rings is 2. The third-order valence-electron chi connectivity index (χ3n) is 4.08. The third kappa shape index (κ3) is 5.44. The van der Waals surface area contributed by atoms with E-state index in [0.717, 1.165) is 16.9 Å². The largest absolute Gasteiger partial charge is 0.488 e. The van der Waals surface area contributed by atoms with E-state index >= 15 is 0 Å². The molecule has 0 atom stereocenters. The lowest BCUT2D eigenvalue weighted by molar-refractivity contribution is 0.0950. The van der Waals surface area contributed by atoms with Crippen molar-refractivity contribution in [1.29, 1.82) is 0 Å². The van der Waals surface area contributed by atoms with Crippen molar-refractivity contribution in [2.75, 3.05) is 0 Å². The number of primary amides is 1. The molecule has 5 N–H and O–H groups in total. The van der Waals surface area contributed by atoms with Crippen molar-refractivity contribution in [3.05, 3.63) is 82.2 Å². The van der Waals surface area contributed by atoms with Gasteiger partial charge < -0.3 is 15.8 Å². The maximum atomic E-state index is 12.4. The highest BCUT2D eigenvalue weighted by Crippen LogP contribution is 2.21. The predicted molar refractivity (Wildman–Crippen MR) is 113 cm³/mol. The van der Waals surface area contributed by atoms with Gasteiger partial charge in [0, 0.05) is 10.4 Å². The predicted octanol–water partition coefficient (Wildman–Crippen LogP) is 2.00. The number of amides is 2. The number of nitrogens with one attached hydrogen (secondary N) is 1. The summed E-state index contributed by atoms with van der Waals surface area (Å²) < 4.78 is 28.4. The molecule has 0 aliphatic carbocycles. The topological polar surface area (TPSA) is 142 Å². The van der Waals surface area contributed by atoms with Crippen molar-refractivity contribution >= 4 is 33.2 Å². The molecule has 0 unspecified atom stereocenters. The summed E-state index contributed by atoms with van der Waals surface area (Å²) in [7, 11) is -3.75. The van der Waals surface area contributed by atoms with E-state index in [2.05, 4.69) is 5.32 Å². The van der Waals surface area contributed by atoms with Crippen LogP contribution in [0.4, 0.5) is 0 Å². The van der Waals surface area contributed by atoms with Crippen molar-refractivity contribution in [1.82, 2.24) is 5.32 Å². The first-order valence-electron chi connectivity index (χ1n) is 8.74. The Kier molecular flexibility index (Phi) is 6.50.